The molecule has 1 unspecified atom stereocenters. The first-order chi connectivity index (χ1) is 7.68. The fourth-order valence-electron chi connectivity index (χ4n) is 2.08. The van der Waals surface area contributed by atoms with Crippen molar-refractivity contribution in [2.45, 2.75) is 25.2 Å². The zero-order valence-electron chi connectivity index (χ0n) is 8.78. The molecule has 0 bridgehead atoms. The average molecular weight is 241 g/mol. The molecule has 1 aliphatic rings. The summed E-state index contributed by atoms with van der Waals surface area (Å²) < 4.78 is 5.57. The van der Waals surface area contributed by atoms with Gasteiger partial charge in [0.1, 0.15) is 5.75 Å². The molecule has 0 fully saturated rings. The van der Waals surface area contributed by atoms with Crippen LogP contribution in [0.5, 0.6) is 5.75 Å². The second-order valence-corrected chi connectivity index (χ2v) is 4.35. The molecule has 0 aromatic heterocycles. The van der Waals surface area contributed by atoms with E-state index in [1.807, 2.05) is 12.1 Å². The van der Waals surface area contributed by atoms with E-state index in [0.29, 0.717) is 17.4 Å². The van der Waals surface area contributed by atoms with Gasteiger partial charge in [0.15, 0.2) is 0 Å². The first kappa shape index (κ1) is 11.3. The highest BCUT2D eigenvalue weighted by Crippen LogP contribution is 2.39. The van der Waals surface area contributed by atoms with E-state index < -0.39 is 5.97 Å². The minimum atomic E-state index is -0.780. The maximum absolute atomic E-state index is 10.8. The summed E-state index contributed by atoms with van der Waals surface area (Å²) in [4.78, 5) is 10.8. The molecule has 4 heteroatoms. The Bertz CT molecular complexity index is 403. The average Bonchev–Trinajstić information content (AvgIpc) is 2.42. The van der Waals surface area contributed by atoms with Gasteiger partial charge < -0.3 is 9.84 Å². The number of hydrogen-bond acceptors (Lipinski definition) is 2. The van der Waals surface area contributed by atoms with Crippen LogP contribution in [0.2, 0.25) is 5.02 Å². The summed E-state index contributed by atoms with van der Waals surface area (Å²) in [5.74, 6) is -0.112. The summed E-state index contributed by atoms with van der Waals surface area (Å²) in [6.45, 7) is 0.604. The number of halogens is 1. The Morgan fingerprint density at radius 2 is 2.38 bits per heavy atom. The van der Waals surface area contributed by atoms with Crippen molar-refractivity contribution in [3.8, 4) is 5.75 Å². The van der Waals surface area contributed by atoms with Crippen molar-refractivity contribution >= 4 is 17.6 Å². The highest BCUT2D eigenvalue weighted by molar-refractivity contribution is 6.32. The molecule has 0 spiro atoms. The van der Waals surface area contributed by atoms with Crippen LogP contribution in [0.1, 0.15) is 30.7 Å². The van der Waals surface area contributed by atoms with Gasteiger partial charge in [0, 0.05) is 0 Å². The molecule has 1 N–H and O–H groups in total. The number of ether oxygens (including phenoxy) is 1. The van der Waals surface area contributed by atoms with Gasteiger partial charge in [0.2, 0.25) is 0 Å². The molecule has 0 aliphatic carbocycles. The van der Waals surface area contributed by atoms with Crippen molar-refractivity contribution in [1.29, 1.82) is 0 Å². The lowest BCUT2D eigenvalue weighted by Gasteiger charge is -2.15. The number of fused-ring (bicyclic) bond motifs is 1. The minimum absolute atomic E-state index is 0.00806. The number of rotatable bonds is 2. The van der Waals surface area contributed by atoms with Crippen molar-refractivity contribution in [2.24, 2.45) is 0 Å². The lowest BCUT2D eigenvalue weighted by Crippen LogP contribution is -2.05. The third-order valence-electron chi connectivity index (χ3n) is 2.80. The summed E-state index contributed by atoms with van der Waals surface area (Å²) in [5, 5.41) is 9.44. The van der Waals surface area contributed by atoms with E-state index in [4.69, 9.17) is 21.4 Å². The van der Waals surface area contributed by atoms with Crippen molar-refractivity contribution < 1.29 is 14.6 Å². The zero-order chi connectivity index (χ0) is 11.5. The smallest absolute Gasteiger partial charge is 0.303 e. The van der Waals surface area contributed by atoms with Crippen molar-refractivity contribution in [3.63, 3.8) is 0 Å². The number of para-hydroxylation sites is 1. The van der Waals surface area contributed by atoms with Crippen LogP contribution >= 0.6 is 11.6 Å². The predicted octanol–water partition coefficient (Wildman–Crippen LogP) is 3.07. The first-order valence-electron chi connectivity index (χ1n) is 5.31. The molecule has 16 heavy (non-hydrogen) atoms. The van der Waals surface area contributed by atoms with E-state index in [9.17, 15) is 4.79 Å². The molecule has 3 nitrogen and oxygen atoms in total. The number of aliphatic carboxylic acids is 1. The van der Waals surface area contributed by atoms with E-state index in [2.05, 4.69) is 0 Å². The van der Waals surface area contributed by atoms with Crippen LogP contribution in [-0.4, -0.2) is 17.7 Å². The van der Waals surface area contributed by atoms with E-state index >= 15 is 0 Å². The van der Waals surface area contributed by atoms with Gasteiger partial charge >= 0.3 is 5.97 Å². The second kappa shape index (κ2) is 4.74. The van der Waals surface area contributed by atoms with Gasteiger partial charge in [-0.25, -0.2) is 0 Å². The standard InChI is InChI=1S/C12H13ClO3/c13-10-5-1-4-9-8(7-11(14)15)3-2-6-16-12(9)10/h1,4-5,8H,2-3,6-7H2,(H,14,15). The molecular weight excluding hydrogens is 228 g/mol. The van der Waals surface area contributed by atoms with Gasteiger partial charge in [-0.15, -0.1) is 0 Å². The molecule has 0 saturated carbocycles. The Morgan fingerprint density at radius 3 is 3.12 bits per heavy atom. The van der Waals surface area contributed by atoms with Crippen LogP contribution in [0.4, 0.5) is 0 Å². The fraction of sp³-hybridized carbons (Fsp3) is 0.417. The van der Waals surface area contributed by atoms with E-state index in [0.717, 1.165) is 18.4 Å². The summed E-state index contributed by atoms with van der Waals surface area (Å²) in [6, 6.07) is 5.51. The molecule has 0 radical (unpaired) electrons. The molecule has 0 saturated heterocycles. The predicted molar refractivity (Wildman–Crippen MR) is 61.2 cm³/mol. The number of carboxylic acid groups (broad SMARTS) is 1. The highest BCUT2D eigenvalue weighted by Gasteiger charge is 2.23. The Kier molecular flexibility index (Phi) is 3.34. The molecular formula is C12H13ClO3. The summed E-state index contributed by atoms with van der Waals surface area (Å²) in [6.07, 6.45) is 1.83. The minimum Gasteiger partial charge on any atom is -0.492 e. The molecule has 1 atom stereocenters. The largest absolute Gasteiger partial charge is 0.492 e. The number of carbonyl (C=O) groups is 1. The van der Waals surface area contributed by atoms with Crippen LogP contribution in [0.3, 0.4) is 0 Å². The van der Waals surface area contributed by atoms with Crippen LogP contribution in [0, 0.1) is 0 Å². The van der Waals surface area contributed by atoms with E-state index in [1.54, 1.807) is 6.07 Å². The van der Waals surface area contributed by atoms with Gasteiger partial charge in [0.25, 0.3) is 0 Å². The highest BCUT2D eigenvalue weighted by atomic mass is 35.5. The Balaban J connectivity index is 2.36. The normalized spacial score (nSPS) is 19.4. The lowest BCUT2D eigenvalue weighted by molar-refractivity contribution is -0.137. The van der Waals surface area contributed by atoms with Crippen molar-refractivity contribution in [1.82, 2.24) is 0 Å². The topological polar surface area (TPSA) is 46.5 Å². The molecule has 1 heterocycles. The van der Waals surface area contributed by atoms with Gasteiger partial charge in [-0.3, -0.25) is 4.79 Å². The SMILES string of the molecule is O=C(O)CC1CCCOc2c(Cl)cccc21. The van der Waals surface area contributed by atoms with E-state index in [1.165, 1.54) is 0 Å². The van der Waals surface area contributed by atoms with Gasteiger partial charge in [-0.2, -0.15) is 0 Å². The molecule has 0 amide bonds. The van der Waals surface area contributed by atoms with Crippen LogP contribution in [0.15, 0.2) is 18.2 Å². The second-order valence-electron chi connectivity index (χ2n) is 3.94. The maximum atomic E-state index is 10.8. The molecule has 1 aromatic carbocycles. The number of hydrogen-bond donors (Lipinski definition) is 1. The quantitative estimate of drug-likeness (QED) is 0.864. The zero-order valence-corrected chi connectivity index (χ0v) is 9.54. The van der Waals surface area contributed by atoms with Crippen molar-refractivity contribution in [2.75, 3.05) is 6.61 Å². The fourth-order valence-corrected chi connectivity index (χ4v) is 2.32. The maximum Gasteiger partial charge on any atom is 0.303 e. The first-order valence-corrected chi connectivity index (χ1v) is 5.69. The Hall–Kier alpha value is -1.22. The van der Waals surface area contributed by atoms with Crippen LogP contribution in [0.25, 0.3) is 0 Å². The number of benzene rings is 1. The van der Waals surface area contributed by atoms with Gasteiger partial charge in [-0.1, -0.05) is 23.7 Å². The summed E-state index contributed by atoms with van der Waals surface area (Å²) >= 11 is 6.04. The summed E-state index contributed by atoms with van der Waals surface area (Å²) in [5.41, 5.74) is 0.924. The lowest BCUT2D eigenvalue weighted by atomic mass is 9.91. The Morgan fingerprint density at radius 1 is 1.56 bits per heavy atom. The van der Waals surface area contributed by atoms with E-state index in [-0.39, 0.29) is 12.3 Å². The monoisotopic (exact) mass is 240 g/mol. The van der Waals surface area contributed by atoms with Crippen LogP contribution < -0.4 is 4.74 Å². The molecule has 1 aliphatic heterocycles. The van der Waals surface area contributed by atoms with Gasteiger partial charge in [-0.05, 0) is 30.4 Å². The summed E-state index contributed by atoms with van der Waals surface area (Å²) in [7, 11) is 0. The number of carboxylic acids is 1. The Labute approximate surface area is 99.0 Å². The molecule has 86 valence electrons. The third-order valence-corrected chi connectivity index (χ3v) is 3.10. The third kappa shape index (κ3) is 2.30. The van der Waals surface area contributed by atoms with Crippen LogP contribution in [-0.2, 0) is 4.79 Å². The van der Waals surface area contributed by atoms with Crippen molar-refractivity contribution in [3.05, 3.63) is 28.8 Å². The molecule has 1 aromatic rings. The molecule has 2 rings (SSSR count). The van der Waals surface area contributed by atoms with Gasteiger partial charge in [0.05, 0.1) is 18.1 Å².